The van der Waals surface area contributed by atoms with Gasteiger partial charge in [-0.2, -0.15) is 0 Å². The van der Waals surface area contributed by atoms with Gasteiger partial charge in [-0.15, -0.1) is 0 Å². The van der Waals surface area contributed by atoms with Crippen LogP contribution in [0.3, 0.4) is 0 Å². The van der Waals surface area contributed by atoms with Crippen LogP contribution in [0.15, 0.2) is 0 Å². The number of hydrogen-bond donors (Lipinski definition) is 0. The summed E-state index contributed by atoms with van der Waals surface area (Å²) >= 11 is 0. The van der Waals surface area contributed by atoms with Gasteiger partial charge in [-0.25, -0.2) is 0 Å². The van der Waals surface area contributed by atoms with Gasteiger partial charge in [0, 0.05) is 0 Å². The Morgan fingerprint density at radius 2 is 1.57 bits per heavy atom. The lowest BCUT2D eigenvalue weighted by Crippen LogP contribution is -2.07. The molecule has 0 aliphatic heterocycles. The fraction of sp³-hybridized carbons (Fsp3) is 1.00. The molecule has 2 atom stereocenters. The van der Waals surface area contributed by atoms with E-state index in [0.29, 0.717) is 0 Å². The van der Waals surface area contributed by atoms with Crippen LogP contribution in [0.4, 0.5) is 0 Å². The molecular weight excluding hydrogens is 168 g/mol. The van der Waals surface area contributed by atoms with Crippen molar-refractivity contribution in [2.75, 3.05) is 0 Å². The second kappa shape index (κ2) is 4.68. The fourth-order valence-corrected chi connectivity index (χ4v) is 2.84. The van der Waals surface area contributed by atoms with Gasteiger partial charge < -0.3 is 0 Å². The molecule has 0 nitrogen and oxygen atoms in total. The highest BCUT2D eigenvalue weighted by atomic mass is 14.3. The predicted molar refractivity (Wildman–Crippen MR) is 62.2 cm³/mol. The SMILES string of the molecule is CCC(CC(C)CC1CC1)CC1CC1. The quantitative estimate of drug-likeness (QED) is 0.554. The second-order valence-corrected chi connectivity index (χ2v) is 5.97. The van der Waals surface area contributed by atoms with Gasteiger partial charge in [0.2, 0.25) is 0 Å². The maximum atomic E-state index is 2.48. The topological polar surface area (TPSA) is 0 Å². The minimum Gasteiger partial charge on any atom is -0.0651 e. The highest BCUT2D eigenvalue weighted by Gasteiger charge is 2.27. The predicted octanol–water partition coefficient (Wildman–Crippen LogP) is 4.64. The zero-order valence-electron chi connectivity index (χ0n) is 9.97. The average molecular weight is 194 g/mol. The van der Waals surface area contributed by atoms with Crippen LogP contribution in [0.25, 0.3) is 0 Å². The first-order chi connectivity index (χ1) is 6.78. The zero-order valence-corrected chi connectivity index (χ0v) is 9.97. The molecule has 2 fully saturated rings. The Morgan fingerprint density at radius 1 is 1.00 bits per heavy atom. The lowest BCUT2D eigenvalue weighted by atomic mass is 9.87. The Bertz CT molecular complexity index is 165. The summed E-state index contributed by atoms with van der Waals surface area (Å²) < 4.78 is 0. The van der Waals surface area contributed by atoms with E-state index in [0.717, 1.165) is 23.7 Å². The van der Waals surface area contributed by atoms with Crippen molar-refractivity contribution in [2.45, 2.75) is 65.2 Å². The summed E-state index contributed by atoms with van der Waals surface area (Å²) in [5.74, 6) is 4.32. The van der Waals surface area contributed by atoms with Crippen molar-refractivity contribution in [3.8, 4) is 0 Å². The molecule has 2 unspecified atom stereocenters. The Balaban J connectivity index is 1.63. The van der Waals surface area contributed by atoms with Crippen LogP contribution in [-0.4, -0.2) is 0 Å². The Labute approximate surface area is 89.5 Å². The van der Waals surface area contributed by atoms with E-state index in [2.05, 4.69) is 13.8 Å². The van der Waals surface area contributed by atoms with Crippen molar-refractivity contribution in [3.63, 3.8) is 0 Å². The molecule has 2 saturated carbocycles. The third kappa shape index (κ3) is 3.63. The molecule has 0 radical (unpaired) electrons. The second-order valence-electron chi connectivity index (χ2n) is 5.97. The van der Waals surface area contributed by atoms with E-state index in [1.54, 1.807) is 6.42 Å². The third-order valence-electron chi connectivity index (χ3n) is 4.11. The zero-order chi connectivity index (χ0) is 9.97. The van der Waals surface area contributed by atoms with Crippen molar-refractivity contribution in [1.29, 1.82) is 0 Å². The smallest absolute Gasteiger partial charge is 0.0411 e. The Morgan fingerprint density at radius 3 is 2.07 bits per heavy atom. The lowest BCUT2D eigenvalue weighted by molar-refractivity contribution is 0.326. The minimum atomic E-state index is 1.01. The van der Waals surface area contributed by atoms with Gasteiger partial charge in [0.25, 0.3) is 0 Å². The summed E-state index contributed by atoms with van der Waals surface area (Å²) in [6.07, 6.45) is 12.1. The maximum absolute atomic E-state index is 2.48. The standard InChI is InChI=1S/C14H26/c1-3-12(10-14-6-7-14)8-11(2)9-13-4-5-13/h11-14H,3-10H2,1-2H3. The van der Waals surface area contributed by atoms with Crippen molar-refractivity contribution in [3.05, 3.63) is 0 Å². The summed E-state index contributed by atoms with van der Waals surface area (Å²) in [6, 6.07) is 0. The molecule has 0 amide bonds. The molecule has 0 aromatic carbocycles. The highest BCUT2D eigenvalue weighted by molar-refractivity contribution is 4.79. The minimum absolute atomic E-state index is 1.01. The summed E-state index contributed by atoms with van der Waals surface area (Å²) in [6.45, 7) is 4.87. The first-order valence-corrected chi connectivity index (χ1v) is 6.78. The normalized spacial score (nSPS) is 26.1. The third-order valence-corrected chi connectivity index (χ3v) is 4.11. The van der Waals surface area contributed by atoms with Crippen molar-refractivity contribution < 1.29 is 0 Å². The van der Waals surface area contributed by atoms with Gasteiger partial charge in [0.15, 0.2) is 0 Å². The van der Waals surface area contributed by atoms with Gasteiger partial charge in [-0.3, -0.25) is 0 Å². The van der Waals surface area contributed by atoms with Gasteiger partial charge in [-0.1, -0.05) is 46.0 Å². The molecule has 0 aromatic rings. The van der Waals surface area contributed by atoms with E-state index in [1.165, 1.54) is 44.9 Å². The van der Waals surface area contributed by atoms with Crippen LogP contribution in [0.1, 0.15) is 65.2 Å². The van der Waals surface area contributed by atoms with Crippen LogP contribution in [0, 0.1) is 23.7 Å². The molecule has 2 aliphatic rings. The molecule has 14 heavy (non-hydrogen) atoms. The Hall–Kier alpha value is 0. The van der Waals surface area contributed by atoms with Gasteiger partial charge in [0.05, 0.1) is 0 Å². The van der Waals surface area contributed by atoms with Crippen LogP contribution < -0.4 is 0 Å². The largest absolute Gasteiger partial charge is 0.0651 e. The molecule has 0 aromatic heterocycles. The summed E-state index contributed by atoms with van der Waals surface area (Å²) in [5.41, 5.74) is 0. The molecule has 0 N–H and O–H groups in total. The van der Waals surface area contributed by atoms with Crippen LogP contribution in [-0.2, 0) is 0 Å². The molecule has 0 heterocycles. The molecule has 0 bridgehead atoms. The molecule has 2 aliphatic carbocycles. The van der Waals surface area contributed by atoms with Crippen molar-refractivity contribution >= 4 is 0 Å². The first-order valence-electron chi connectivity index (χ1n) is 6.78. The average Bonchev–Trinajstić information content (AvgIpc) is 2.97. The van der Waals surface area contributed by atoms with Gasteiger partial charge in [-0.05, 0) is 42.9 Å². The lowest BCUT2D eigenvalue weighted by Gasteiger charge is -2.19. The van der Waals surface area contributed by atoms with E-state index in [-0.39, 0.29) is 0 Å². The highest BCUT2D eigenvalue weighted by Crippen LogP contribution is 2.40. The Kier molecular flexibility index (Phi) is 3.52. The molecule has 0 spiro atoms. The van der Waals surface area contributed by atoms with Gasteiger partial charge in [0.1, 0.15) is 0 Å². The van der Waals surface area contributed by atoms with E-state index < -0.39 is 0 Å². The van der Waals surface area contributed by atoms with Crippen LogP contribution in [0.2, 0.25) is 0 Å². The van der Waals surface area contributed by atoms with Crippen LogP contribution in [0.5, 0.6) is 0 Å². The first kappa shape index (κ1) is 10.5. The van der Waals surface area contributed by atoms with Crippen LogP contribution >= 0.6 is 0 Å². The fourth-order valence-electron chi connectivity index (χ4n) is 2.84. The molecule has 0 saturated heterocycles. The monoisotopic (exact) mass is 194 g/mol. The van der Waals surface area contributed by atoms with E-state index in [4.69, 9.17) is 0 Å². The van der Waals surface area contributed by atoms with E-state index >= 15 is 0 Å². The molecule has 2 rings (SSSR count). The van der Waals surface area contributed by atoms with Gasteiger partial charge >= 0.3 is 0 Å². The maximum Gasteiger partial charge on any atom is -0.0411 e. The number of rotatable bonds is 7. The van der Waals surface area contributed by atoms with E-state index in [1.807, 2.05) is 0 Å². The van der Waals surface area contributed by atoms with Crippen molar-refractivity contribution in [1.82, 2.24) is 0 Å². The molecular formula is C14H26. The molecule has 0 heteroatoms. The van der Waals surface area contributed by atoms with E-state index in [9.17, 15) is 0 Å². The summed E-state index contributed by atoms with van der Waals surface area (Å²) in [5, 5.41) is 0. The van der Waals surface area contributed by atoms with Crippen molar-refractivity contribution in [2.24, 2.45) is 23.7 Å². The molecule has 82 valence electrons. The number of hydrogen-bond acceptors (Lipinski definition) is 0. The summed E-state index contributed by atoms with van der Waals surface area (Å²) in [4.78, 5) is 0. The summed E-state index contributed by atoms with van der Waals surface area (Å²) in [7, 11) is 0.